The monoisotopic (exact) mass is 286 g/mol. The number of amides is 1. The molecule has 1 N–H and O–H groups in total. The van der Waals surface area contributed by atoms with Crippen molar-refractivity contribution < 1.29 is 14.5 Å². The van der Waals surface area contributed by atoms with E-state index >= 15 is 0 Å². The van der Waals surface area contributed by atoms with Gasteiger partial charge >= 0.3 is 0 Å². The molecule has 0 bridgehead atoms. The van der Waals surface area contributed by atoms with Gasteiger partial charge in [0.25, 0.3) is 11.6 Å². The summed E-state index contributed by atoms with van der Waals surface area (Å²) in [7, 11) is 0. The molecule has 2 rings (SSSR count). The van der Waals surface area contributed by atoms with Gasteiger partial charge in [0, 0.05) is 23.4 Å². The minimum Gasteiger partial charge on any atom is -0.494 e. The van der Waals surface area contributed by atoms with Crippen LogP contribution in [0, 0.1) is 10.1 Å². The number of rotatable bonds is 5. The minimum absolute atomic E-state index is 0.0699. The molecule has 0 saturated heterocycles. The molecule has 2 aromatic carbocycles. The molecular weight excluding hydrogens is 272 g/mol. The lowest BCUT2D eigenvalue weighted by Gasteiger charge is -2.06. The SMILES string of the molecule is CCOc1ccc(C(=O)Nc2cccc([N+](=O)[O-])c2)cc1. The molecule has 0 aliphatic rings. The van der Waals surface area contributed by atoms with Gasteiger partial charge in [-0.25, -0.2) is 0 Å². The third kappa shape index (κ3) is 3.79. The summed E-state index contributed by atoms with van der Waals surface area (Å²) < 4.78 is 5.29. The number of ether oxygens (including phenoxy) is 1. The Morgan fingerprint density at radius 2 is 1.95 bits per heavy atom. The summed E-state index contributed by atoms with van der Waals surface area (Å²) in [6.45, 7) is 2.43. The number of hydrogen-bond donors (Lipinski definition) is 1. The first-order chi connectivity index (χ1) is 10.1. The van der Waals surface area contributed by atoms with Crippen molar-refractivity contribution in [1.29, 1.82) is 0 Å². The molecule has 0 saturated carbocycles. The first-order valence-electron chi connectivity index (χ1n) is 6.39. The van der Waals surface area contributed by atoms with Gasteiger partial charge < -0.3 is 10.1 Å². The van der Waals surface area contributed by atoms with Gasteiger partial charge in [0.2, 0.25) is 0 Å². The number of carbonyl (C=O) groups excluding carboxylic acids is 1. The van der Waals surface area contributed by atoms with E-state index in [-0.39, 0.29) is 11.6 Å². The van der Waals surface area contributed by atoms with Crippen LogP contribution in [0.15, 0.2) is 48.5 Å². The lowest BCUT2D eigenvalue weighted by molar-refractivity contribution is -0.384. The van der Waals surface area contributed by atoms with Crippen LogP contribution in [0.4, 0.5) is 11.4 Å². The van der Waals surface area contributed by atoms with E-state index in [0.717, 1.165) is 0 Å². The van der Waals surface area contributed by atoms with Crippen LogP contribution >= 0.6 is 0 Å². The molecule has 0 unspecified atom stereocenters. The number of benzene rings is 2. The lowest BCUT2D eigenvalue weighted by Crippen LogP contribution is -2.11. The van der Waals surface area contributed by atoms with Crippen molar-refractivity contribution in [2.24, 2.45) is 0 Å². The molecule has 2 aromatic rings. The number of nitro groups is 1. The summed E-state index contributed by atoms with van der Waals surface area (Å²) in [6.07, 6.45) is 0. The van der Waals surface area contributed by atoms with Gasteiger partial charge in [-0.2, -0.15) is 0 Å². The Labute approximate surface area is 121 Å². The predicted octanol–water partition coefficient (Wildman–Crippen LogP) is 3.25. The van der Waals surface area contributed by atoms with Gasteiger partial charge in [-0.15, -0.1) is 0 Å². The molecular formula is C15H14N2O4. The van der Waals surface area contributed by atoms with E-state index in [2.05, 4.69) is 5.32 Å². The third-order valence-electron chi connectivity index (χ3n) is 2.74. The van der Waals surface area contributed by atoms with Crippen LogP contribution in [-0.2, 0) is 0 Å². The Balaban J connectivity index is 2.10. The molecule has 0 fully saturated rings. The van der Waals surface area contributed by atoms with Crippen LogP contribution in [0.2, 0.25) is 0 Å². The molecule has 0 aromatic heterocycles. The molecule has 0 spiro atoms. The van der Waals surface area contributed by atoms with Crippen molar-refractivity contribution >= 4 is 17.3 Å². The zero-order valence-corrected chi connectivity index (χ0v) is 11.4. The van der Waals surface area contributed by atoms with Crippen molar-refractivity contribution in [3.63, 3.8) is 0 Å². The fourth-order valence-corrected chi connectivity index (χ4v) is 1.77. The van der Waals surface area contributed by atoms with Crippen LogP contribution in [0.1, 0.15) is 17.3 Å². The molecule has 0 heterocycles. The highest BCUT2D eigenvalue weighted by Gasteiger charge is 2.09. The average Bonchev–Trinajstić information content (AvgIpc) is 2.48. The first kappa shape index (κ1) is 14.5. The van der Waals surface area contributed by atoms with Gasteiger partial charge in [-0.05, 0) is 37.3 Å². The fraction of sp³-hybridized carbons (Fsp3) is 0.133. The van der Waals surface area contributed by atoms with E-state index in [4.69, 9.17) is 4.74 Å². The number of nitrogens with one attached hydrogen (secondary N) is 1. The van der Waals surface area contributed by atoms with Crippen LogP contribution < -0.4 is 10.1 Å². The fourth-order valence-electron chi connectivity index (χ4n) is 1.77. The highest BCUT2D eigenvalue weighted by atomic mass is 16.6. The molecule has 21 heavy (non-hydrogen) atoms. The van der Waals surface area contributed by atoms with E-state index in [1.54, 1.807) is 30.3 Å². The van der Waals surface area contributed by atoms with Crippen molar-refractivity contribution in [2.45, 2.75) is 6.92 Å². The van der Waals surface area contributed by atoms with Crippen LogP contribution in [0.25, 0.3) is 0 Å². The quantitative estimate of drug-likeness (QED) is 0.675. The van der Waals surface area contributed by atoms with Crippen molar-refractivity contribution in [3.8, 4) is 5.75 Å². The standard InChI is InChI=1S/C15H14N2O4/c1-2-21-14-8-6-11(7-9-14)15(18)16-12-4-3-5-13(10-12)17(19)20/h3-10H,2H2,1H3,(H,16,18). The normalized spacial score (nSPS) is 9.95. The Kier molecular flexibility index (Phi) is 4.50. The van der Waals surface area contributed by atoms with Gasteiger partial charge in [-0.3, -0.25) is 14.9 Å². The summed E-state index contributed by atoms with van der Waals surface area (Å²) in [5.74, 6) is 0.350. The Morgan fingerprint density at radius 3 is 2.57 bits per heavy atom. The highest BCUT2D eigenvalue weighted by molar-refractivity contribution is 6.04. The number of nitrogens with zero attached hydrogens (tertiary/aromatic N) is 1. The number of anilines is 1. The van der Waals surface area contributed by atoms with E-state index in [9.17, 15) is 14.9 Å². The Morgan fingerprint density at radius 1 is 1.24 bits per heavy atom. The second kappa shape index (κ2) is 6.51. The Hall–Kier alpha value is -2.89. The molecule has 0 atom stereocenters. The van der Waals surface area contributed by atoms with Crippen LogP contribution in [0.3, 0.4) is 0 Å². The van der Waals surface area contributed by atoms with Gasteiger partial charge in [0.15, 0.2) is 0 Å². The van der Waals surface area contributed by atoms with E-state index in [0.29, 0.717) is 23.6 Å². The minimum atomic E-state index is -0.507. The number of non-ortho nitro benzene ring substituents is 1. The summed E-state index contributed by atoms with van der Waals surface area (Å²) >= 11 is 0. The smallest absolute Gasteiger partial charge is 0.271 e. The molecule has 1 amide bonds. The summed E-state index contributed by atoms with van der Waals surface area (Å²) in [5.41, 5.74) is 0.757. The molecule has 0 aliphatic carbocycles. The largest absolute Gasteiger partial charge is 0.494 e. The topological polar surface area (TPSA) is 81.5 Å². The maximum absolute atomic E-state index is 12.0. The molecule has 0 radical (unpaired) electrons. The number of carbonyl (C=O) groups is 1. The predicted molar refractivity (Wildman–Crippen MR) is 78.7 cm³/mol. The summed E-state index contributed by atoms with van der Waals surface area (Å²) in [6, 6.07) is 12.5. The van der Waals surface area contributed by atoms with Gasteiger partial charge in [0.1, 0.15) is 5.75 Å². The Bertz CT molecular complexity index is 653. The van der Waals surface area contributed by atoms with Crippen LogP contribution in [0.5, 0.6) is 5.75 Å². The molecule has 108 valence electrons. The summed E-state index contributed by atoms with van der Waals surface area (Å²) in [5, 5.41) is 13.3. The van der Waals surface area contributed by atoms with Gasteiger partial charge in [-0.1, -0.05) is 6.07 Å². The third-order valence-corrected chi connectivity index (χ3v) is 2.74. The van der Waals surface area contributed by atoms with Gasteiger partial charge in [0.05, 0.1) is 11.5 Å². The molecule has 0 aliphatic heterocycles. The van der Waals surface area contributed by atoms with Crippen LogP contribution in [-0.4, -0.2) is 17.4 Å². The zero-order valence-electron chi connectivity index (χ0n) is 11.4. The molecule has 6 nitrogen and oxygen atoms in total. The second-order valence-electron chi connectivity index (χ2n) is 4.22. The number of nitro benzene ring substituents is 1. The summed E-state index contributed by atoms with van der Waals surface area (Å²) in [4.78, 5) is 22.2. The van der Waals surface area contributed by atoms with Crippen molar-refractivity contribution in [1.82, 2.24) is 0 Å². The zero-order chi connectivity index (χ0) is 15.2. The number of hydrogen-bond acceptors (Lipinski definition) is 4. The molecule has 6 heteroatoms. The van der Waals surface area contributed by atoms with Crippen molar-refractivity contribution in [3.05, 3.63) is 64.2 Å². The average molecular weight is 286 g/mol. The first-order valence-corrected chi connectivity index (χ1v) is 6.39. The van der Waals surface area contributed by atoms with E-state index in [1.807, 2.05) is 6.92 Å². The maximum atomic E-state index is 12.0. The second-order valence-corrected chi connectivity index (χ2v) is 4.22. The van der Waals surface area contributed by atoms with E-state index in [1.165, 1.54) is 18.2 Å². The lowest BCUT2D eigenvalue weighted by atomic mass is 10.2. The van der Waals surface area contributed by atoms with E-state index < -0.39 is 4.92 Å². The maximum Gasteiger partial charge on any atom is 0.271 e. The van der Waals surface area contributed by atoms with Crippen molar-refractivity contribution in [2.75, 3.05) is 11.9 Å². The highest BCUT2D eigenvalue weighted by Crippen LogP contribution is 2.18.